The van der Waals surface area contributed by atoms with E-state index in [1.165, 1.54) is 4.90 Å². The van der Waals surface area contributed by atoms with Crippen LogP contribution in [-0.2, 0) is 9.36 Å². The molecule has 0 spiro atoms. The van der Waals surface area contributed by atoms with Gasteiger partial charge in [0.25, 0.3) is 0 Å². The molecule has 8 heteroatoms. The van der Waals surface area contributed by atoms with E-state index >= 15 is 0 Å². The molecule has 2 heterocycles. The van der Waals surface area contributed by atoms with E-state index in [0.29, 0.717) is 12.8 Å². The number of carbonyl (C=O) groups is 1. The number of benzene rings is 1. The van der Waals surface area contributed by atoms with Crippen molar-refractivity contribution < 1.29 is 27.9 Å². The monoisotopic (exact) mass is 387 g/mol. The number of hydrogen-bond acceptors (Lipinski definition) is 2. The van der Waals surface area contributed by atoms with E-state index in [0.717, 1.165) is 31.0 Å². The van der Waals surface area contributed by atoms with Gasteiger partial charge in [-0.15, -0.1) is 0 Å². The molecule has 2 fully saturated rings. The SMILES string of the molecule is CCC1(CC)C[C@@H](c2cc(F)ccc2F)N2C(=O)C(P(=O)(O)O)CC[C@@H]21. The van der Waals surface area contributed by atoms with Gasteiger partial charge in [0.15, 0.2) is 0 Å². The maximum Gasteiger partial charge on any atom is 0.337 e. The van der Waals surface area contributed by atoms with Crippen molar-refractivity contribution in [2.75, 3.05) is 0 Å². The first kappa shape index (κ1) is 19.5. The van der Waals surface area contributed by atoms with Gasteiger partial charge < -0.3 is 14.7 Å². The average molecular weight is 387 g/mol. The second-order valence-corrected chi connectivity index (χ2v) is 9.20. The van der Waals surface area contributed by atoms with Crippen molar-refractivity contribution in [2.24, 2.45) is 5.41 Å². The molecule has 3 atom stereocenters. The fourth-order valence-electron chi connectivity index (χ4n) is 4.85. The number of nitrogens with zero attached hydrogens (tertiary/aromatic N) is 1. The van der Waals surface area contributed by atoms with Gasteiger partial charge in [-0.05, 0) is 55.7 Å². The lowest BCUT2D eigenvalue weighted by Gasteiger charge is -2.43. The zero-order valence-electron chi connectivity index (χ0n) is 14.9. The molecule has 144 valence electrons. The molecule has 0 radical (unpaired) electrons. The number of hydrogen-bond donors (Lipinski definition) is 2. The van der Waals surface area contributed by atoms with Crippen molar-refractivity contribution in [3.63, 3.8) is 0 Å². The van der Waals surface area contributed by atoms with Crippen molar-refractivity contribution >= 4 is 13.5 Å². The van der Waals surface area contributed by atoms with E-state index in [2.05, 4.69) is 0 Å². The van der Waals surface area contributed by atoms with Crippen LogP contribution in [-0.4, -0.2) is 32.3 Å². The predicted molar refractivity (Wildman–Crippen MR) is 92.4 cm³/mol. The molecule has 0 aromatic heterocycles. The molecule has 26 heavy (non-hydrogen) atoms. The van der Waals surface area contributed by atoms with Crippen molar-refractivity contribution in [3.05, 3.63) is 35.4 Å². The van der Waals surface area contributed by atoms with Crippen LogP contribution in [0.2, 0.25) is 0 Å². The van der Waals surface area contributed by atoms with Crippen molar-refractivity contribution in [1.82, 2.24) is 4.90 Å². The Labute approximate surface area is 151 Å². The molecule has 1 unspecified atom stereocenters. The van der Waals surface area contributed by atoms with Crippen LogP contribution in [0, 0.1) is 17.0 Å². The molecule has 1 aromatic rings. The summed E-state index contributed by atoms with van der Waals surface area (Å²) in [5, 5.41) is 0. The zero-order chi connectivity index (χ0) is 19.3. The normalized spacial score (nSPS) is 28.3. The highest BCUT2D eigenvalue weighted by Crippen LogP contribution is 2.58. The molecular weight excluding hydrogens is 363 g/mol. The number of rotatable bonds is 4. The lowest BCUT2D eigenvalue weighted by Crippen LogP contribution is -2.51. The highest BCUT2D eigenvalue weighted by atomic mass is 31.2. The molecule has 5 nitrogen and oxygen atoms in total. The summed E-state index contributed by atoms with van der Waals surface area (Å²) < 4.78 is 40.0. The first-order valence-electron chi connectivity index (χ1n) is 8.97. The highest BCUT2D eigenvalue weighted by molar-refractivity contribution is 7.53. The summed E-state index contributed by atoms with van der Waals surface area (Å²) in [7, 11) is -4.60. The van der Waals surface area contributed by atoms with Gasteiger partial charge >= 0.3 is 7.60 Å². The summed E-state index contributed by atoms with van der Waals surface area (Å²) in [6.07, 6.45) is 2.55. The summed E-state index contributed by atoms with van der Waals surface area (Å²) in [6, 6.07) is 2.21. The summed E-state index contributed by atoms with van der Waals surface area (Å²) in [5.74, 6) is -1.85. The topological polar surface area (TPSA) is 77.8 Å². The second-order valence-electron chi connectivity index (χ2n) is 7.40. The Balaban J connectivity index is 2.10. The van der Waals surface area contributed by atoms with Gasteiger partial charge in [0.2, 0.25) is 5.91 Å². The van der Waals surface area contributed by atoms with E-state index in [1.54, 1.807) is 0 Å². The maximum atomic E-state index is 14.4. The van der Waals surface area contributed by atoms with E-state index in [1.807, 2.05) is 13.8 Å². The Hall–Kier alpha value is -1.30. The van der Waals surface area contributed by atoms with Gasteiger partial charge in [0.1, 0.15) is 17.3 Å². The minimum absolute atomic E-state index is 0.0819. The van der Waals surface area contributed by atoms with Crippen LogP contribution in [0.25, 0.3) is 0 Å². The third kappa shape index (κ3) is 3.00. The zero-order valence-corrected chi connectivity index (χ0v) is 15.8. The van der Waals surface area contributed by atoms with Crippen LogP contribution in [0.3, 0.4) is 0 Å². The Morgan fingerprint density at radius 2 is 1.88 bits per heavy atom. The lowest BCUT2D eigenvalue weighted by molar-refractivity contribution is -0.138. The molecule has 2 aliphatic rings. The fourth-order valence-corrected chi connectivity index (χ4v) is 5.75. The minimum atomic E-state index is -4.60. The van der Waals surface area contributed by atoms with E-state index < -0.39 is 36.8 Å². The molecule has 1 aromatic carbocycles. The van der Waals surface area contributed by atoms with Gasteiger partial charge in [0.05, 0.1) is 6.04 Å². The summed E-state index contributed by atoms with van der Waals surface area (Å²) >= 11 is 0. The molecule has 2 saturated heterocycles. The molecule has 0 saturated carbocycles. The third-order valence-electron chi connectivity index (χ3n) is 6.36. The van der Waals surface area contributed by atoms with Crippen LogP contribution in [0.5, 0.6) is 0 Å². The van der Waals surface area contributed by atoms with Crippen LogP contribution in [0.15, 0.2) is 18.2 Å². The summed E-state index contributed by atoms with van der Waals surface area (Å²) in [6.45, 7) is 4.01. The number of halogens is 2. The van der Waals surface area contributed by atoms with Gasteiger partial charge in [0, 0.05) is 11.6 Å². The fraction of sp³-hybridized carbons (Fsp3) is 0.611. The summed E-state index contributed by atoms with van der Waals surface area (Å²) in [4.78, 5) is 33.5. The van der Waals surface area contributed by atoms with E-state index in [9.17, 15) is 27.9 Å². The number of piperidine rings is 1. The van der Waals surface area contributed by atoms with Gasteiger partial charge in [-0.25, -0.2) is 8.78 Å². The molecular formula is C18H24F2NO4P. The Morgan fingerprint density at radius 1 is 1.23 bits per heavy atom. The predicted octanol–water partition coefficient (Wildman–Crippen LogP) is 3.75. The standard InChI is InChI=1S/C18H24F2NO4P/c1-3-18(4-2)10-14(12-9-11(19)5-6-13(12)20)21-16(18)8-7-15(17(21)22)26(23,24)25/h5-6,9,14-16H,3-4,7-8,10H2,1-2H3,(H2,23,24,25)/t14-,15?,16+/m0/s1. The molecule has 2 N–H and O–H groups in total. The van der Waals surface area contributed by atoms with E-state index in [4.69, 9.17) is 0 Å². The number of amides is 1. The molecule has 1 amide bonds. The largest absolute Gasteiger partial charge is 0.337 e. The van der Waals surface area contributed by atoms with Crippen molar-refractivity contribution in [1.29, 1.82) is 0 Å². The van der Waals surface area contributed by atoms with Crippen LogP contribution in [0.1, 0.15) is 57.6 Å². The average Bonchev–Trinajstić information content (AvgIpc) is 2.92. The first-order chi connectivity index (χ1) is 12.1. The first-order valence-corrected chi connectivity index (χ1v) is 10.6. The van der Waals surface area contributed by atoms with Gasteiger partial charge in [-0.1, -0.05) is 13.8 Å². The Bertz CT molecular complexity index is 762. The lowest BCUT2D eigenvalue weighted by atomic mass is 9.72. The molecule has 2 aliphatic heterocycles. The van der Waals surface area contributed by atoms with Crippen molar-refractivity contribution in [3.8, 4) is 0 Å². The summed E-state index contributed by atoms with van der Waals surface area (Å²) in [5.41, 5.74) is -1.58. The van der Waals surface area contributed by atoms with Crippen LogP contribution < -0.4 is 0 Å². The van der Waals surface area contributed by atoms with Gasteiger partial charge in [-0.2, -0.15) is 0 Å². The van der Waals surface area contributed by atoms with Crippen molar-refractivity contribution in [2.45, 2.75) is 63.7 Å². The molecule has 3 rings (SSSR count). The van der Waals surface area contributed by atoms with Crippen LogP contribution >= 0.6 is 7.60 Å². The number of carbonyl (C=O) groups excluding carboxylic acids is 1. The maximum absolute atomic E-state index is 14.4. The minimum Gasteiger partial charge on any atom is -0.331 e. The molecule has 0 bridgehead atoms. The quantitative estimate of drug-likeness (QED) is 0.772. The van der Waals surface area contributed by atoms with Gasteiger partial charge in [-0.3, -0.25) is 9.36 Å². The second kappa shape index (κ2) is 6.70. The molecule has 0 aliphatic carbocycles. The Kier molecular flexibility index (Phi) is 5.01. The Morgan fingerprint density at radius 3 is 2.46 bits per heavy atom. The smallest absolute Gasteiger partial charge is 0.331 e. The number of fused-ring (bicyclic) bond motifs is 1. The highest BCUT2D eigenvalue weighted by Gasteiger charge is 2.57. The van der Waals surface area contributed by atoms with E-state index in [-0.39, 0.29) is 23.4 Å². The third-order valence-corrected chi connectivity index (χ3v) is 7.65. The van der Waals surface area contributed by atoms with Crippen LogP contribution in [0.4, 0.5) is 8.78 Å².